The third kappa shape index (κ3) is 3.76. The first-order valence-electron chi connectivity index (χ1n) is 11.8. The molecule has 35 heavy (non-hydrogen) atoms. The SMILES string of the molecule is CN1CC[C@@H](Cn2ccc3c(-c4ccc(C#N)c(F)c4)c(-c4ccc5nn(C)cc5c4)ncc32)C1. The highest BCUT2D eigenvalue weighted by molar-refractivity contribution is 6.02. The van der Waals surface area contributed by atoms with E-state index in [4.69, 9.17) is 4.98 Å². The van der Waals surface area contributed by atoms with E-state index in [1.54, 1.807) is 10.7 Å². The van der Waals surface area contributed by atoms with E-state index in [9.17, 15) is 9.65 Å². The van der Waals surface area contributed by atoms with Crippen LogP contribution in [0.25, 0.3) is 44.2 Å². The Morgan fingerprint density at radius 2 is 1.97 bits per heavy atom. The molecule has 1 aliphatic heterocycles. The van der Waals surface area contributed by atoms with Gasteiger partial charge in [-0.25, -0.2) is 4.39 Å². The minimum atomic E-state index is -0.524. The number of benzene rings is 2. The number of fused-ring (bicyclic) bond motifs is 2. The van der Waals surface area contributed by atoms with Gasteiger partial charge in [0.05, 0.1) is 28.5 Å². The van der Waals surface area contributed by atoms with Crippen molar-refractivity contribution in [1.82, 2.24) is 24.2 Å². The van der Waals surface area contributed by atoms with Gasteiger partial charge in [0.25, 0.3) is 0 Å². The Morgan fingerprint density at radius 3 is 2.74 bits per heavy atom. The molecular formula is C28H25FN6. The highest BCUT2D eigenvalue weighted by Gasteiger charge is 2.22. The van der Waals surface area contributed by atoms with E-state index in [2.05, 4.69) is 39.9 Å². The Hall–Kier alpha value is -4.02. The fraction of sp³-hybridized carbons (Fsp3) is 0.250. The summed E-state index contributed by atoms with van der Waals surface area (Å²) in [5, 5.41) is 15.7. The largest absolute Gasteiger partial charge is 0.346 e. The van der Waals surface area contributed by atoms with Gasteiger partial charge in [0, 0.05) is 54.4 Å². The second kappa shape index (κ2) is 8.33. The second-order valence-corrected chi connectivity index (χ2v) is 9.55. The van der Waals surface area contributed by atoms with Gasteiger partial charge in [0.1, 0.15) is 11.9 Å². The van der Waals surface area contributed by atoms with Crippen LogP contribution < -0.4 is 0 Å². The fourth-order valence-corrected chi connectivity index (χ4v) is 5.34. The van der Waals surface area contributed by atoms with Gasteiger partial charge in [-0.3, -0.25) is 9.67 Å². The Kier molecular flexibility index (Phi) is 5.12. The molecule has 5 aromatic rings. The number of aryl methyl sites for hydroxylation is 1. The van der Waals surface area contributed by atoms with Crippen LogP contribution in [-0.2, 0) is 13.6 Å². The van der Waals surface area contributed by atoms with E-state index in [1.807, 2.05) is 43.7 Å². The van der Waals surface area contributed by atoms with Crippen molar-refractivity contribution in [3.8, 4) is 28.5 Å². The van der Waals surface area contributed by atoms with Crippen molar-refractivity contribution in [2.24, 2.45) is 13.0 Å². The van der Waals surface area contributed by atoms with Crippen LogP contribution in [-0.4, -0.2) is 44.4 Å². The fourth-order valence-electron chi connectivity index (χ4n) is 5.34. The molecule has 3 aromatic heterocycles. The summed E-state index contributed by atoms with van der Waals surface area (Å²) in [6, 6.07) is 14.9. The lowest BCUT2D eigenvalue weighted by atomic mass is 9.95. The first-order valence-corrected chi connectivity index (χ1v) is 11.8. The molecule has 0 bridgehead atoms. The van der Waals surface area contributed by atoms with E-state index >= 15 is 0 Å². The number of halogens is 1. The maximum absolute atomic E-state index is 14.7. The van der Waals surface area contributed by atoms with Crippen molar-refractivity contribution in [1.29, 1.82) is 5.26 Å². The highest BCUT2D eigenvalue weighted by Crippen LogP contribution is 2.38. The second-order valence-electron chi connectivity index (χ2n) is 9.55. The number of nitrogens with zero attached hydrogens (tertiary/aromatic N) is 6. The quantitative estimate of drug-likeness (QED) is 0.366. The zero-order chi connectivity index (χ0) is 24.1. The van der Waals surface area contributed by atoms with Crippen LogP contribution in [0.1, 0.15) is 12.0 Å². The van der Waals surface area contributed by atoms with Crippen LogP contribution in [0, 0.1) is 23.1 Å². The average molecular weight is 465 g/mol. The summed E-state index contributed by atoms with van der Waals surface area (Å²) in [5.41, 5.74) is 5.29. The molecule has 0 aliphatic carbocycles. The molecule has 0 N–H and O–H groups in total. The third-order valence-corrected chi connectivity index (χ3v) is 7.04. The molecule has 6 rings (SSSR count). The van der Waals surface area contributed by atoms with Crippen LogP contribution in [0.15, 0.2) is 61.1 Å². The summed E-state index contributed by atoms with van der Waals surface area (Å²) in [5.74, 6) is 0.0724. The lowest BCUT2D eigenvalue weighted by molar-refractivity contribution is 0.380. The van der Waals surface area contributed by atoms with Gasteiger partial charge in [-0.05, 0) is 61.8 Å². The number of hydrogen-bond acceptors (Lipinski definition) is 4. The normalized spacial score (nSPS) is 16.3. The zero-order valence-electron chi connectivity index (χ0n) is 19.7. The summed E-state index contributed by atoms with van der Waals surface area (Å²) in [6.45, 7) is 3.14. The van der Waals surface area contributed by atoms with Crippen molar-refractivity contribution in [2.75, 3.05) is 20.1 Å². The number of likely N-dealkylation sites (tertiary alicyclic amines) is 1. The highest BCUT2D eigenvalue weighted by atomic mass is 19.1. The molecule has 1 atom stereocenters. The molecule has 0 saturated carbocycles. The number of rotatable bonds is 4. The maximum Gasteiger partial charge on any atom is 0.141 e. The van der Waals surface area contributed by atoms with Gasteiger partial charge in [0.2, 0.25) is 0 Å². The first-order chi connectivity index (χ1) is 17.0. The van der Waals surface area contributed by atoms with Gasteiger partial charge >= 0.3 is 0 Å². The molecule has 0 amide bonds. The first kappa shape index (κ1) is 21.5. The van der Waals surface area contributed by atoms with Gasteiger partial charge in [0.15, 0.2) is 0 Å². The molecule has 0 radical (unpaired) electrons. The molecule has 174 valence electrons. The summed E-state index contributed by atoms with van der Waals surface area (Å²) in [6.07, 6.45) is 7.20. The van der Waals surface area contributed by atoms with E-state index in [0.717, 1.165) is 58.3 Å². The third-order valence-electron chi connectivity index (χ3n) is 7.04. The van der Waals surface area contributed by atoms with Gasteiger partial charge in [-0.15, -0.1) is 0 Å². The minimum Gasteiger partial charge on any atom is -0.346 e. The van der Waals surface area contributed by atoms with Crippen molar-refractivity contribution >= 4 is 21.8 Å². The predicted molar refractivity (Wildman–Crippen MR) is 135 cm³/mol. The standard InChI is InChI=1S/C28H25FN6/c1-33-9-7-18(15-33)16-35-10-8-23-26(35)14-31-28(20-5-6-25-22(11-20)17-34(2)32-25)27(23)19-3-4-21(13-30)24(29)12-19/h3-6,8,10-12,14,17-18H,7,9,15-16H2,1-2H3/t18-/m1/s1. The summed E-state index contributed by atoms with van der Waals surface area (Å²) < 4.78 is 18.8. The van der Waals surface area contributed by atoms with Crippen LogP contribution in [0.4, 0.5) is 4.39 Å². The van der Waals surface area contributed by atoms with Gasteiger partial charge < -0.3 is 9.47 Å². The van der Waals surface area contributed by atoms with Gasteiger partial charge in [-0.2, -0.15) is 10.4 Å². The molecule has 7 heteroatoms. The van der Waals surface area contributed by atoms with Gasteiger partial charge in [-0.1, -0.05) is 12.1 Å². The number of aromatic nitrogens is 4. The van der Waals surface area contributed by atoms with E-state index in [1.165, 1.54) is 12.5 Å². The molecular weight excluding hydrogens is 439 g/mol. The average Bonchev–Trinajstić information content (AvgIpc) is 3.55. The van der Waals surface area contributed by atoms with E-state index < -0.39 is 5.82 Å². The number of nitriles is 1. The van der Waals surface area contributed by atoms with Crippen LogP contribution in [0.3, 0.4) is 0 Å². The maximum atomic E-state index is 14.7. The smallest absolute Gasteiger partial charge is 0.141 e. The van der Waals surface area contributed by atoms with E-state index in [0.29, 0.717) is 11.5 Å². The minimum absolute atomic E-state index is 0.0372. The number of hydrogen-bond donors (Lipinski definition) is 0. The van der Waals surface area contributed by atoms with Crippen LogP contribution >= 0.6 is 0 Å². The Labute approximate surface area is 202 Å². The molecule has 1 fully saturated rings. The molecule has 0 spiro atoms. The summed E-state index contributed by atoms with van der Waals surface area (Å²) >= 11 is 0. The Morgan fingerprint density at radius 1 is 1.11 bits per heavy atom. The van der Waals surface area contributed by atoms with Crippen molar-refractivity contribution in [3.63, 3.8) is 0 Å². The molecule has 6 nitrogen and oxygen atoms in total. The topological polar surface area (TPSA) is 62.7 Å². The van der Waals surface area contributed by atoms with Crippen LogP contribution in [0.5, 0.6) is 0 Å². The molecule has 2 aromatic carbocycles. The monoisotopic (exact) mass is 464 g/mol. The lowest BCUT2D eigenvalue weighted by Crippen LogP contribution is -2.16. The molecule has 1 aliphatic rings. The number of pyridine rings is 1. The summed E-state index contributed by atoms with van der Waals surface area (Å²) in [7, 11) is 4.07. The molecule has 1 saturated heterocycles. The van der Waals surface area contributed by atoms with Crippen molar-refractivity contribution in [3.05, 3.63) is 72.4 Å². The van der Waals surface area contributed by atoms with Crippen molar-refractivity contribution in [2.45, 2.75) is 13.0 Å². The Balaban J connectivity index is 1.54. The predicted octanol–water partition coefficient (Wildman–Crippen LogP) is 5.22. The summed E-state index contributed by atoms with van der Waals surface area (Å²) in [4.78, 5) is 7.28. The molecule has 0 unspecified atom stereocenters. The lowest BCUT2D eigenvalue weighted by Gasteiger charge is -2.15. The Bertz CT molecular complexity index is 1620. The van der Waals surface area contributed by atoms with Crippen LogP contribution in [0.2, 0.25) is 0 Å². The zero-order valence-corrected chi connectivity index (χ0v) is 19.7. The van der Waals surface area contributed by atoms with E-state index in [-0.39, 0.29) is 5.56 Å². The van der Waals surface area contributed by atoms with Crippen molar-refractivity contribution < 1.29 is 4.39 Å². The molecule has 4 heterocycles.